The fourth-order valence-electron chi connectivity index (χ4n) is 4.31. The van der Waals surface area contributed by atoms with Crippen LogP contribution in [0.1, 0.15) is 52.0 Å². The fraction of sp³-hybridized carbons (Fsp3) is 0.500. The van der Waals surface area contributed by atoms with Crippen molar-refractivity contribution in [3.05, 3.63) is 62.6 Å². The summed E-state index contributed by atoms with van der Waals surface area (Å²) in [5.74, 6) is 0.105. The highest BCUT2D eigenvalue weighted by Crippen LogP contribution is 2.22. The molecule has 1 aliphatic carbocycles. The van der Waals surface area contributed by atoms with Crippen LogP contribution in [0.2, 0.25) is 0 Å². The van der Waals surface area contributed by atoms with Gasteiger partial charge in [0.2, 0.25) is 0 Å². The maximum absolute atomic E-state index is 13.0. The topological polar surface area (TPSA) is 69.3 Å². The number of nitrogens with one attached hydrogen (secondary N) is 1. The minimum Gasteiger partial charge on any atom is -0.337 e. The van der Waals surface area contributed by atoms with Gasteiger partial charge in [-0.05, 0) is 69.0 Å². The number of nitrogens with zero attached hydrogens (tertiary/aromatic N) is 3. The van der Waals surface area contributed by atoms with Crippen molar-refractivity contribution in [1.29, 1.82) is 0 Å². The second-order valence-corrected chi connectivity index (χ2v) is 7.99. The van der Waals surface area contributed by atoms with Crippen LogP contribution in [0.4, 0.5) is 0 Å². The molecule has 1 aromatic carbocycles. The number of hydrogen-bond donors (Lipinski definition) is 1. The highest BCUT2D eigenvalue weighted by atomic mass is 16.2. The Morgan fingerprint density at radius 1 is 1.07 bits per heavy atom. The lowest BCUT2D eigenvalue weighted by Crippen LogP contribution is -2.34. The summed E-state index contributed by atoms with van der Waals surface area (Å²) in [6, 6.07) is 7.87. The van der Waals surface area contributed by atoms with E-state index in [2.05, 4.69) is 22.1 Å². The van der Waals surface area contributed by atoms with Gasteiger partial charge in [-0.25, -0.2) is 5.10 Å². The van der Waals surface area contributed by atoms with Gasteiger partial charge in [0.05, 0.1) is 5.69 Å². The molecule has 0 unspecified atom stereocenters. The van der Waals surface area contributed by atoms with E-state index < -0.39 is 0 Å². The molecule has 0 spiro atoms. The van der Waals surface area contributed by atoms with Gasteiger partial charge in [0.1, 0.15) is 0 Å². The van der Waals surface area contributed by atoms with Gasteiger partial charge in [-0.15, -0.1) is 0 Å². The van der Waals surface area contributed by atoms with E-state index in [1.165, 1.54) is 0 Å². The summed E-state index contributed by atoms with van der Waals surface area (Å²) < 4.78 is 0. The quantitative estimate of drug-likeness (QED) is 0.885. The first-order valence-electron chi connectivity index (χ1n) is 10.3. The van der Waals surface area contributed by atoms with E-state index in [-0.39, 0.29) is 11.5 Å². The number of aromatic nitrogens is 2. The van der Waals surface area contributed by atoms with Gasteiger partial charge in [-0.2, -0.15) is 5.10 Å². The van der Waals surface area contributed by atoms with Crippen molar-refractivity contribution < 1.29 is 4.79 Å². The SMILES string of the molecule is CN1CCCN(C(=O)c2cccc(Cc3n[nH]c(=O)c4c3CCCC4)c2)CC1. The van der Waals surface area contributed by atoms with Crippen molar-refractivity contribution >= 4 is 5.91 Å². The molecule has 1 amide bonds. The van der Waals surface area contributed by atoms with Gasteiger partial charge < -0.3 is 9.80 Å². The maximum atomic E-state index is 13.0. The third-order valence-electron chi connectivity index (χ3n) is 5.93. The van der Waals surface area contributed by atoms with Crippen molar-refractivity contribution in [2.75, 3.05) is 33.2 Å². The van der Waals surface area contributed by atoms with Crippen molar-refractivity contribution in [2.45, 2.75) is 38.5 Å². The lowest BCUT2D eigenvalue weighted by Gasteiger charge is -2.21. The highest BCUT2D eigenvalue weighted by Gasteiger charge is 2.20. The molecule has 1 N–H and O–H groups in total. The Kier molecular flexibility index (Phi) is 5.57. The summed E-state index contributed by atoms with van der Waals surface area (Å²) >= 11 is 0. The number of amides is 1. The zero-order valence-corrected chi connectivity index (χ0v) is 16.5. The molecule has 4 rings (SSSR count). The lowest BCUT2D eigenvalue weighted by molar-refractivity contribution is 0.0762. The number of fused-ring (bicyclic) bond motifs is 1. The minimum absolute atomic E-state index is 0.0477. The molecule has 2 aliphatic rings. The molecule has 6 nitrogen and oxygen atoms in total. The lowest BCUT2D eigenvalue weighted by atomic mass is 9.90. The molecular weight excluding hydrogens is 352 g/mol. The van der Waals surface area contributed by atoms with Gasteiger partial charge in [-0.1, -0.05) is 12.1 Å². The van der Waals surface area contributed by atoms with Crippen molar-refractivity contribution in [2.24, 2.45) is 0 Å². The van der Waals surface area contributed by atoms with Crippen LogP contribution < -0.4 is 5.56 Å². The van der Waals surface area contributed by atoms with E-state index in [0.29, 0.717) is 6.42 Å². The average Bonchev–Trinajstić information content (AvgIpc) is 2.94. The Labute approximate surface area is 165 Å². The van der Waals surface area contributed by atoms with Crippen molar-refractivity contribution in [3.8, 4) is 0 Å². The molecule has 0 bridgehead atoms. The first kappa shape index (κ1) is 18.9. The first-order valence-corrected chi connectivity index (χ1v) is 10.3. The molecule has 28 heavy (non-hydrogen) atoms. The Hall–Kier alpha value is -2.47. The summed E-state index contributed by atoms with van der Waals surface area (Å²) in [5.41, 5.74) is 4.70. The summed E-state index contributed by atoms with van der Waals surface area (Å²) in [7, 11) is 2.10. The molecule has 148 valence electrons. The standard InChI is InChI=1S/C22H28N4O2/c1-25-10-5-11-26(13-12-25)22(28)17-7-4-6-16(14-17)15-20-18-8-2-3-9-19(18)21(27)24-23-20/h4,6-7,14H,2-3,5,8-13,15H2,1H3,(H,24,27). The Bertz CT molecular complexity index is 921. The predicted molar refractivity (Wildman–Crippen MR) is 109 cm³/mol. The molecule has 1 fully saturated rings. The molecule has 2 heterocycles. The van der Waals surface area contributed by atoms with E-state index >= 15 is 0 Å². The van der Waals surface area contributed by atoms with Crippen LogP contribution in [0.3, 0.4) is 0 Å². The van der Waals surface area contributed by atoms with E-state index in [0.717, 1.165) is 86.2 Å². The first-order chi connectivity index (χ1) is 13.6. The van der Waals surface area contributed by atoms with E-state index in [1.54, 1.807) is 0 Å². The number of carbonyl (C=O) groups excluding carboxylic acids is 1. The molecule has 1 aliphatic heterocycles. The summed E-state index contributed by atoms with van der Waals surface area (Å²) in [6.07, 6.45) is 5.57. The van der Waals surface area contributed by atoms with Crippen LogP contribution in [-0.2, 0) is 19.3 Å². The maximum Gasteiger partial charge on any atom is 0.267 e. The number of carbonyl (C=O) groups is 1. The molecule has 0 atom stereocenters. The highest BCUT2D eigenvalue weighted by molar-refractivity contribution is 5.94. The number of aromatic amines is 1. The van der Waals surface area contributed by atoms with Crippen LogP contribution in [0.15, 0.2) is 29.1 Å². The number of likely N-dealkylation sites (N-methyl/N-ethyl adjacent to an activating group) is 1. The van der Waals surface area contributed by atoms with Gasteiger partial charge in [-0.3, -0.25) is 9.59 Å². The molecular formula is C22H28N4O2. The van der Waals surface area contributed by atoms with Crippen molar-refractivity contribution in [3.63, 3.8) is 0 Å². The Balaban J connectivity index is 1.55. The second kappa shape index (κ2) is 8.27. The van der Waals surface area contributed by atoms with Gasteiger partial charge in [0, 0.05) is 37.2 Å². The zero-order valence-electron chi connectivity index (χ0n) is 16.5. The zero-order chi connectivity index (χ0) is 19.5. The largest absolute Gasteiger partial charge is 0.337 e. The number of H-pyrrole nitrogens is 1. The Morgan fingerprint density at radius 2 is 1.89 bits per heavy atom. The molecule has 1 saturated heterocycles. The third-order valence-corrected chi connectivity index (χ3v) is 5.93. The normalized spacial score (nSPS) is 17.8. The van der Waals surface area contributed by atoms with Crippen LogP contribution >= 0.6 is 0 Å². The Morgan fingerprint density at radius 3 is 2.75 bits per heavy atom. The molecule has 1 aromatic heterocycles. The van der Waals surface area contributed by atoms with Gasteiger partial charge in [0.15, 0.2) is 0 Å². The summed E-state index contributed by atoms with van der Waals surface area (Å²) in [4.78, 5) is 29.3. The van der Waals surface area contributed by atoms with Crippen LogP contribution in [0.25, 0.3) is 0 Å². The van der Waals surface area contributed by atoms with E-state index in [4.69, 9.17) is 0 Å². The monoisotopic (exact) mass is 380 g/mol. The van der Waals surface area contributed by atoms with Crippen LogP contribution in [0, 0.1) is 0 Å². The number of benzene rings is 1. The minimum atomic E-state index is -0.0477. The predicted octanol–water partition coefficient (Wildman–Crippen LogP) is 2.02. The van der Waals surface area contributed by atoms with Crippen LogP contribution in [0.5, 0.6) is 0 Å². The average molecular weight is 380 g/mol. The van der Waals surface area contributed by atoms with Crippen molar-refractivity contribution in [1.82, 2.24) is 20.0 Å². The van der Waals surface area contributed by atoms with Crippen LogP contribution in [-0.4, -0.2) is 59.1 Å². The fourth-order valence-corrected chi connectivity index (χ4v) is 4.31. The summed E-state index contributed by atoms with van der Waals surface area (Å²) in [6.45, 7) is 3.53. The molecule has 6 heteroatoms. The summed E-state index contributed by atoms with van der Waals surface area (Å²) in [5, 5.41) is 7.00. The molecule has 0 saturated carbocycles. The van der Waals surface area contributed by atoms with Gasteiger partial charge in [0.25, 0.3) is 11.5 Å². The number of rotatable bonds is 3. The second-order valence-electron chi connectivity index (χ2n) is 7.99. The van der Waals surface area contributed by atoms with E-state index in [9.17, 15) is 9.59 Å². The number of hydrogen-bond acceptors (Lipinski definition) is 4. The van der Waals surface area contributed by atoms with E-state index in [1.807, 2.05) is 29.2 Å². The smallest absolute Gasteiger partial charge is 0.267 e. The third kappa shape index (κ3) is 4.02. The molecule has 0 radical (unpaired) electrons. The van der Waals surface area contributed by atoms with Gasteiger partial charge >= 0.3 is 0 Å². The molecule has 2 aromatic rings.